The van der Waals surface area contributed by atoms with Gasteiger partial charge in [0, 0.05) is 20.1 Å². The lowest BCUT2D eigenvalue weighted by Gasteiger charge is -2.20. The van der Waals surface area contributed by atoms with E-state index in [1.54, 1.807) is 31.3 Å². The highest BCUT2D eigenvalue weighted by atomic mass is 32.2. The molecule has 3 aromatic rings. The Hall–Kier alpha value is -3.92. The van der Waals surface area contributed by atoms with Crippen LogP contribution in [0.25, 0.3) is 0 Å². The standard InChI is InChI=1S/C27H30N2O7S/c1-28(17-19-15-24(33-2)27(35-4)25(16-19)34-3)26(30)18-36-21-9-11-22(12-10-21)37(31,32)29-14-13-20-7-5-6-8-23(20)29/h5-12,15-16H,13-14,17-18H2,1-4H3. The molecule has 196 valence electrons. The Morgan fingerprint density at radius 2 is 1.59 bits per heavy atom. The van der Waals surface area contributed by atoms with Crippen LogP contribution in [0.5, 0.6) is 23.0 Å². The number of nitrogens with zero attached hydrogens (tertiary/aromatic N) is 2. The maximum Gasteiger partial charge on any atom is 0.264 e. The molecule has 0 unspecified atom stereocenters. The Bertz CT molecular complexity index is 1350. The van der Waals surface area contributed by atoms with Crippen molar-refractivity contribution >= 4 is 21.6 Å². The number of amides is 1. The third kappa shape index (κ3) is 5.43. The molecule has 0 fully saturated rings. The summed E-state index contributed by atoms with van der Waals surface area (Å²) in [5.74, 6) is 1.63. The molecule has 1 heterocycles. The van der Waals surface area contributed by atoms with Gasteiger partial charge in [0.1, 0.15) is 5.75 Å². The fraction of sp³-hybridized carbons (Fsp3) is 0.296. The smallest absolute Gasteiger partial charge is 0.264 e. The molecule has 1 aliphatic heterocycles. The van der Waals surface area contributed by atoms with E-state index in [0.29, 0.717) is 48.2 Å². The minimum Gasteiger partial charge on any atom is -0.493 e. The fourth-order valence-electron chi connectivity index (χ4n) is 4.24. The summed E-state index contributed by atoms with van der Waals surface area (Å²) < 4.78 is 49.5. The monoisotopic (exact) mass is 526 g/mol. The van der Waals surface area contributed by atoms with Crippen LogP contribution in [0.4, 0.5) is 5.69 Å². The van der Waals surface area contributed by atoms with Gasteiger partial charge in [0.15, 0.2) is 18.1 Å². The molecule has 9 nitrogen and oxygen atoms in total. The number of ether oxygens (including phenoxy) is 4. The molecule has 3 aromatic carbocycles. The molecular weight excluding hydrogens is 496 g/mol. The summed E-state index contributed by atoms with van der Waals surface area (Å²) in [7, 11) is 2.57. The van der Waals surface area contributed by atoms with E-state index in [2.05, 4.69) is 0 Å². The van der Waals surface area contributed by atoms with Crippen molar-refractivity contribution in [1.82, 2.24) is 4.90 Å². The predicted molar refractivity (Wildman–Crippen MR) is 139 cm³/mol. The highest BCUT2D eigenvalue weighted by Gasteiger charge is 2.30. The zero-order valence-electron chi connectivity index (χ0n) is 21.3. The number of hydrogen-bond donors (Lipinski definition) is 0. The lowest BCUT2D eigenvalue weighted by Crippen LogP contribution is -2.31. The summed E-state index contributed by atoms with van der Waals surface area (Å²) in [6, 6.07) is 17.2. The van der Waals surface area contributed by atoms with E-state index in [9.17, 15) is 13.2 Å². The van der Waals surface area contributed by atoms with Crippen molar-refractivity contribution < 1.29 is 32.2 Å². The van der Waals surface area contributed by atoms with Gasteiger partial charge in [-0.25, -0.2) is 8.42 Å². The van der Waals surface area contributed by atoms with Crippen molar-refractivity contribution in [3.8, 4) is 23.0 Å². The second-order valence-corrected chi connectivity index (χ2v) is 10.4. The molecule has 0 N–H and O–H groups in total. The highest BCUT2D eigenvalue weighted by molar-refractivity contribution is 7.92. The van der Waals surface area contributed by atoms with Crippen LogP contribution in [0.3, 0.4) is 0 Å². The summed E-state index contributed by atoms with van der Waals surface area (Å²) in [4.78, 5) is 14.4. The van der Waals surface area contributed by atoms with Gasteiger partial charge in [0.25, 0.3) is 15.9 Å². The number of methoxy groups -OCH3 is 3. The van der Waals surface area contributed by atoms with E-state index in [4.69, 9.17) is 18.9 Å². The highest BCUT2D eigenvalue weighted by Crippen LogP contribution is 2.38. The number of fused-ring (bicyclic) bond motifs is 1. The second-order valence-electron chi connectivity index (χ2n) is 8.50. The Morgan fingerprint density at radius 3 is 2.22 bits per heavy atom. The van der Waals surface area contributed by atoms with Crippen LogP contribution in [-0.2, 0) is 27.8 Å². The average Bonchev–Trinajstić information content (AvgIpc) is 3.36. The molecule has 0 atom stereocenters. The largest absolute Gasteiger partial charge is 0.493 e. The van der Waals surface area contributed by atoms with Gasteiger partial charge < -0.3 is 23.8 Å². The maximum atomic E-state index is 13.2. The molecule has 1 aliphatic rings. The van der Waals surface area contributed by atoms with Gasteiger partial charge in [-0.1, -0.05) is 18.2 Å². The molecular formula is C27H30N2O7S. The first kappa shape index (κ1) is 26.2. The maximum absolute atomic E-state index is 13.2. The van der Waals surface area contributed by atoms with Gasteiger partial charge in [-0.3, -0.25) is 9.10 Å². The van der Waals surface area contributed by atoms with Crippen LogP contribution in [0.15, 0.2) is 65.6 Å². The Balaban J connectivity index is 1.38. The molecule has 0 saturated heterocycles. The summed E-state index contributed by atoms with van der Waals surface area (Å²) in [6.45, 7) is 0.507. The molecule has 10 heteroatoms. The Labute approximate surface area is 217 Å². The molecule has 1 amide bonds. The van der Waals surface area contributed by atoms with Crippen LogP contribution in [0.1, 0.15) is 11.1 Å². The molecule has 0 saturated carbocycles. The number of likely N-dealkylation sites (N-methyl/N-ethyl adjacent to an activating group) is 1. The van der Waals surface area contributed by atoms with Gasteiger partial charge in [-0.05, 0) is 60.0 Å². The minimum absolute atomic E-state index is 0.169. The van der Waals surface area contributed by atoms with Crippen LogP contribution >= 0.6 is 0 Å². The molecule has 37 heavy (non-hydrogen) atoms. The van der Waals surface area contributed by atoms with Crippen molar-refractivity contribution in [1.29, 1.82) is 0 Å². The summed E-state index contributed by atoms with van der Waals surface area (Å²) >= 11 is 0. The fourth-order valence-corrected chi connectivity index (χ4v) is 5.74. The van der Waals surface area contributed by atoms with Gasteiger partial charge in [-0.2, -0.15) is 0 Å². The van der Waals surface area contributed by atoms with Crippen molar-refractivity contribution in [3.63, 3.8) is 0 Å². The van der Waals surface area contributed by atoms with Crippen LogP contribution in [-0.4, -0.2) is 60.8 Å². The minimum atomic E-state index is -3.69. The molecule has 4 rings (SSSR count). The number of rotatable bonds is 10. The molecule has 0 bridgehead atoms. The van der Waals surface area contributed by atoms with E-state index in [-0.39, 0.29) is 17.4 Å². The first-order chi connectivity index (χ1) is 17.8. The first-order valence-electron chi connectivity index (χ1n) is 11.6. The van der Waals surface area contributed by atoms with E-state index >= 15 is 0 Å². The van der Waals surface area contributed by atoms with Gasteiger partial charge >= 0.3 is 0 Å². The van der Waals surface area contributed by atoms with E-state index in [0.717, 1.165) is 11.1 Å². The zero-order valence-corrected chi connectivity index (χ0v) is 22.1. The molecule has 0 aliphatic carbocycles. The molecule has 0 radical (unpaired) electrons. The predicted octanol–water partition coefficient (Wildman–Crippen LogP) is 3.50. The van der Waals surface area contributed by atoms with Crippen molar-refractivity contribution in [2.45, 2.75) is 17.9 Å². The number of para-hydroxylation sites is 1. The lowest BCUT2D eigenvalue weighted by atomic mass is 10.1. The average molecular weight is 527 g/mol. The number of sulfonamides is 1. The van der Waals surface area contributed by atoms with Crippen LogP contribution in [0.2, 0.25) is 0 Å². The van der Waals surface area contributed by atoms with Crippen molar-refractivity contribution in [2.24, 2.45) is 0 Å². The van der Waals surface area contributed by atoms with Crippen LogP contribution in [0, 0.1) is 0 Å². The van der Waals surface area contributed by atoms with Crippen molar-refractivity contribution in [2.75, 3.05) is 45.8 Å². The third-order valence-electron chi connectivity index (χ3n) is 6.19. The first-order valence-corrected chi connectivity index (χ1v) is 13.1. The quantitative estimate of drug-likeness (QED) is 0.399. The van der Waals surface area contributed by atoms with E-state index in [1.807, 2.05) is 24.3 Å². The third-order valence-corrected chi connectivity index (χ3v) is 8.02. The number of carbonyl (C=O) groups excluding carboxylic acids is 1. The number of carbonyl (C=O) groups is 1. The number of anilines is 1. The number of hydrogen-bond acceptors (Lipinski definition) is 7. The zero-order chi connectivity index (χ0) is 26.6. The van der Waals surface area contributed by atoms with Gasteiger partial charge in [0.2, 0.25) is 5.75 Å². The Kier molecular flexibility index (Phi) is 7.77. The van der Waals surface area contributed by atoms with Crippen molar-refractivity contribution in [3.05, 3.63) is 71.8 Å². The lowest BCUT2D eigenvalue weighted by molar-refractivity contribution is -0.132. The molecule has 0 aromatic heterocycles. The molecule has 0 spiro atoms. The van der Waals surface area contributed by atoms with Gasteiger partial charge in [0.05, 0.1) is 31.9 Å². The van der Waals surface area contributed by atoms with Gasteiger partial charge in [-0.15, -0.1) is 0 Å². The number of benzene rings is 3. The van der Waals surface area contributed by atoms with Crippen LogP contribution < -0.4 is 23.3 Å². The summed E-state index contributed by atoms with van der Waals surface area (Å²) in [6.07, 6.45) is 0.683. The van der Waals surface area contributed by atoms with E-state index in [1.165, 1.54) is 42.7 Å². The summed E-state index contributed by atoms with van der Waals surface area (Å²) in [5.41, 5.74) is 2.52. The van der Waals surface area contributed by atoms with E-state index < -0.39 is 10.0 Å². The SMILES string of the molecule is COc1cc(CN(C)C(=O)COc2ccc(S(=O)(=O)N3CCc4ccccc43)cc2)cc(OC)c1OC. The second kappa shape index (κ2) is 11.0. The summed E-state index contributed by atoms with van der Waals surface area (Å²) in [5, 5.41) is 0. The topological polar surface area (TPSA) is 94.6 Å². The Morgan fingerprint density at radius 1 is 0.946 bits per heavy atom. The normalized spacial score (nSPS) is 12.6.